The summed E-state index contributed by atoms with van der Waals surface area (Å²) in [4.78, 5) is 0. The van der Waals surface area contributed by atoms with E-state index in [0.717, 1.165) is 28.1 Å². The summed E-state index contributed by atoms with van der Waals surface area (Å²) in [5.74, 6) is -0.551. The van der Waals surface area contributed by atoms with Gasteiger partial charge >= 0.3 is 0 Å². The maximum atomic E-state index is 13.5. The fourth-order valence-electron chi connectivity index (χ4n) is 2.84. The minimum absolute atomic E-state index is 0.265. The van der Waals surface area contributed by atoms with Crippen molar-refractivity contribution in [3.05, 3.63) is 96.7 Å². The Morgan fingerprint density at radius 1 is 0.640 bits per heavy atom. The van der Waals surface area contributed by atoms with Crippen molar-refractivity contribution in [2.45, 2.75) is 0 Å². The molecule has 0 aliphatic carbocycles. The van der Waals surface area contributed by atoms with Gasteiger partial charge in [-0.3, -0.25) is 0 Å². The highest BCUT2D eigenvalue weighted by molar-refractivity contribution is 5.72. The van der Waals surface area contributed by atoms with Crippen molar-refractivity contribution in [3.8, 4) is 28.1 Å². The van der Waals surface area contributed by atoms with Crippen molar-refractivity contribution in [2.24, 2.45) is 0 Å². The summed E-state index contributed by atoms with van der Waals surface area (Å²) >= 11 is 0. The van der Waals surface area contributed by atoms with Gasteiger partial charge in [0.15, 0.2) is 0 Å². The van der Waals surface area contributed by atoms with Crippen LogP contribution in [0.4, 0.5) is 8.78 Å². The summed E-state index contributed by atoms with van der Waals surface area (Å²) in [6, 6.07) is 22.4. The average Bonchev–Trinajstić information content (AvgIpc) is 3.12. The van der Waals surface area contributed by atoms with Crippen molar-refractivity contribution >= 4 is 0 Å². The third kappa shape index (κ3) is 3.06. The lowest BCUT2D eigenvalue weighted by Crippen LogP contribution is -1.99. The van der Waals surface area contributed by atoms with Gasteiger partial charge in [0, 0.05) is 5.56 Å². The molecule has 0 spiro atoms. The van der Waals surface area contributed by atoms with Crippen LogP contribution in [0.1, 0.15) is 0 Å². The zero-order chi connectivity index (χ0) is 17.2. The smallest absolute Gasteiger partial charge is 0.123 e. The molecule has 3 aromatic carbocycles. The Bertz CT molecular complexity index is 1020. The molecule has 4 heteroatoms. The number of hydrogen-bond donors (Lipinski definition) is 0. The third-order valence-electron chi connectivity index (χ3n) is 4.03. The highest BCUT2D eigenvalue weighted by Gasteiger charge is 2.09. The Balaban J connectivity index is 1.78. The Kier molecular flexibility index (Phi) is 3.86. The number of aromatic nitrogens is 2. The SMILES string of the molecule is Fc1ccc(-n2nccc2-c2cccc(-c3cccc(F)c3)c2)cc1. The van der Waals surface area contributed by atoms with E-state index < -0.39 is 0 Å². The zero-order valence-electron chi connectivity index (χ0n) is 13.2. The lowest BCUT2D eigenvalue weighted by Gasteiger charge is -2.09. The van der Waals surface area contributed by atoms with E-state index in [1.165, 1.54) is 24.3 Å². The molecule has 0 unspecified atom stereocenters. The van der Waals surface area contributed by atoms with E-state index in [1.807, 2.05) is 36.4 Å². The van der Waals surface area contributed by atoms with Crippen LogP contribution in [0.15, 0.2) is 85.1 Å². The van der Waals surface area contributed by atoms with Gasteiger partial charge < -0.3 is 0 Å². The second kappa shape index (κ2) is 6.32. The van der Waals surface area contributed by atoms with Crippen LogP contribution in [0.25, 0.3) is 28.1 Å². The van der Waals surface area contributed by atoms with E-state index in [1.54, 1.807) is 29.1 Å². The third-order valence-corrected chi connectivity index (χ3v) is 4.03. The fourth-order valence-corrected chi connectivity index (χ4v) is 2.84. The second-order valence-corrected chi connectivity index (χ2v) is 5.70. The highest BCUT2D eigenvalue weighted by Crippen LogP contribution is 2.28. The van der Waals surface area contributed by atoms with E-state index >= 15 is 0 Å². The lowest BCUT2D eigenvalue weighted by molar-refractivity contribution is 0.627. The van der Waals surface area contributed by atoms with E-state index in [-0.39, 0.29) is 11.6 Å². The predicted octanol–water partition coefficient (Wildman–Crippen LogP) is 5.48. The van der Waals surface area contributed by atoms with Crippen LogP contribution >= 0.6 is 0 Å². The molecule has 4 rings (SSSR count). The largest absolute Gasteiger partial charge is 0.233 e. The Labute approximate surface area is 144 Å². The first-order valence-electron chi connectivity index (χ1n) is 7.87. The van der Waals surface area contributed by atoms with Crippen molar-refractivity contribution < 1.29 is 8.78 Å². The van der Waals surface area contributed by atoms with Gasteiger partial charge in [0.2, 0.25) is 0 Å². The molecular weight excluding hydrogens is 318 g/mol. The predicted molar refractivity (Wildman–Crippen MR) is 94.4 cm³/mol. The summed E-state index contributed by atoms with van der Waals surface area (Å²) in [6.45, 7) is 0. The van der Waals surface area contributed by atoms with E-state index in [9.17, 15) is 8.78 Å². The molecule has 0 aliphatic rings. The number of hydrogen-bond acceptors (Lipinski definition) is 1. The van der Waals surface area contributed by atoms with E-state index in [4.69, 9.17) is 0 Å². The van der Waals surface area contributed by atoms with Crippen LogP contribution in [0.3, 0.4) is 0 Å². The van der Waals surface area contributed by atoms with Crippen LogP contribution in [-0.2, 0) is 0 Å². The Morgan fingerprint density at radius 3 is 2.08 bits per heavy atom. The van der Waals surface area contributed by atoms with Gasteiger partial charge in [0.25, 0.3) is 0 Å². The van der Waals surface area contributed by atoms with Crippen LogP contribution in [0.5, 0.6) is 0 Å². The van der Waals surface area contributed by atoms with Crippen molar-refractivity contribution in [2.75, 3.05) is 0 Å². The molecule has 0 bridgehead atoms. The summed E-state index contributed by atoms with van der Waals surface area (Å²) < 4.78 is 28.4. The van der Waals surface area contributed by atoms with Gasteiger partial charge in [0.05, 0.1) is 17.6 Å². The molecule has 0 radical (unpaired) electrons. The van der Waals surface area contributed by atoms with Gasteiger partial charge in [-0.15, -0.1) is 0 Å². The van der Waals surface area contributed by atoms with Gasteiger partial charge in [-0.1, -0.05) is 30.3 Å². The van der Waals surface area contributed by atoms with Crippen LogP contribution in [-0.4, -0.2) is 9.78 Å². The van der Waals surface area contributed by atoms with Gasteiger partial charge in [-0.25, -0.2) is 13.5 Å². The van der Waals surface area contributed by atoms with Gasteiger partial charge in [0.1, 0.15) is 11.6 Å². The molecule has 1 heterocycles. The standard InChI is InChI=1S/C21H14F2N2/c22-18-7-9-20(10-8-18)25-21(11-12-24-25)17-5-1-3-15(13-17)16-4-2-6-19(23)14-16/h1-14H. The Morgan fingerprint density at radius 2 is 1.32 bits per heavy atom. The molecule has 25 heavy (non-hydrogen) atoms. The molecule has 0 saturated carbocycles. The molecule has 122 valence electrons. The molecule has 1 aromatic heterocycles. The van der Waals surface area contributed by atoms with E-state index in [0.29, 0.717) is 0 Å². The number of nitrogens with zero attached hydrogens (tertiary/aromatic N) is 2. The second-order valence-electron chi connectivity index (χ2n) is 5.70. The summed E-state index contributed by atoms with van der Waals surface area (Å²) in [5, 5.41) is 4.34. The summed E-state index contributed by atoms with van der Waals surface area (Å²) in [6.07, 6.45) is 1.70. The van der Waals surface area contributed by atoms with Crippen molar-refractivity contribution in [1.82, 2.24) is 9.78 Å². The van der Waals surface area contributed by atoms with Crippen LogP contribution < -0.4 is 0 Å². The quantitative estimate of drug-likeness (QED) is 0.485. The molecule has 0 amide bonds. The number of benzene rings is 3. The van der Waals surface area contributed by atoms with Crippen molar-refractivity contribution in [1.29, 1.82) is 0 Å². The lowest BCUT2D eigenvalue weighted by atomic mass is 10.0. The highest BCUT2D eigenvalue weighted by atomic mass is 19.1. The number of rotatable bonds is 3. The average molecular weight is 332 g/mol. The molecule has 2 nitrogen and oxygen atoms in total. The van der Waals surface area contributed by atoms with Crippen LogP contribution in [0, 0.1) is 11.6 Å². The monoisotopic (exact) mass is 332 g/mol. The Hall–Kier alpha value is -3.27. The summed E-state index contributed by atoms with van der Waals surface area (Å²) in [5.41, 5.74) is 4.34. The van der Waals surface area contributed by atoms with Crippen LogP contribution in [0.2, 0.25) is 0 Å². The molecule has 4 aromatic rings. The molecule has 0 atom stereocenters. The first-order valence-corrected chi connectivity index (χ1v) is 7.87. The molecule has 0 N–H and O–H groups in total. The van der Waals surface area contributed by atoms with Gasteiger partial charge in [-0.2, -0.15) is 5.10 Å². The fraction of sp³-hybridized carbons (Fsp3) is 0. The van der Waals surface area contributed by atoms with Crippen molar-refractivity contribution in [3.63, 3.8) is 0 Å². The minimum atomic E-state index is -0.287. The number of halogens is 2. The summed E-state index contributed by atoms with van der Waals surface area (Å²) in [7, 11) is 0. The minimum Gasteiger partial charge on any atom is -0.233 e. The topological polar surface area (TPSA) is 17.8 Å². The van der Waals surface area contributed by atoms with Gasteiger partial charge in [-0.05, 0) is 59.7 Å². The maximum absolute atomic E-state index is 13.5. The zero-order valence-corrected chi connectivity index (χ0v) is 13.2. The first kappa shape index (κ1) is 15.3. The normalized spacial score (nSPS) is 10.8. The molecule has 0 aliphatic heterocycles. The van der Waals surface area contributed by atoms with E-state index in [2.05, 4.69) is 5.10 Å². The molecular formula is C21H14F2N2. The molecule has 0 fully saturated rings. The first-order chi connectivity index (χ1) is 12.2. The maximum Gasteiger partial charge on any atom is 0.123 e. The molecule has 0 saturated heterocycles.